The molecular weight excluding hydrogens is 478 g/mol. The maximum absolute atomic E-state index is 13.0. The molecular formula is C30H33N5O3. The minimum atomic E-state index is -0.624. The predicted molar refractivity (Wildman–Crippen MR) is 140 cm³/mol. The topological polar surface area (TPSA) is 106 Å². The number of amides is 3. The number of nitrogens with zero attached hydrogens (tertiary/aromatic N) is 4. The molecule has 2 unspecified atom stereocenters. The number of pyridine rings is 1. The SMILES string of the molecule is CC1(C)CN(Cc2ccc(C3(C#N)CC3)cc2)CCC1c1ccc2c(n1)CN(C1CCC(=O)NC1=O)C2=O. The second kappa shape index (κ2) is 9.02. The molecule has 2 saturated heterocycles. The molecule has 3 fully saturated rings. The van der Waals surface area contributed by atoms with Gasteiger partial charge in [0.25, 0.3) is 5.91 Å². The summed E-state index contributed by atoms with van der Waals surface area (Å²) in [5.41, 5.74) is 4.43. The van der Waals surface area contributed by atoms with Crippen molar-refractivity contribution >= 4 is 17.7 Å². The molecule has 2 aromatic rings. The van der Waals surface area contributed by atoms with Crippen LogP contribution >= 0.6 is 0 Å². The number of nitrogens with one attached hydrogen (secondary N) is 1. The van der Waals surface area contributed by atoms with Gasteiger partial charge < -0.3 is 4.90 Å². The summed E-state index contributed by atoms with van der Waals surface area (Å²) in [5, 5.41) is 11.8. The lowest BCUT2D eigenvalue weighted by molar-refractivity contribution is -0.136. The molecule has 1 aliphatic carbocycles. The maximum atomic E-state index is 13.0. The molecule has 0 radical (unpaired) electrons. The first kappa shape index (κ1) is 24.7. The number of carbonyl (C=O) groups excluding carboxylic acids is 3. The van der Waals surface area contributed by atoms with E-state index in [0.717, 1.165) is 55.8 Å². The normalized spacial score (nSPS) is 26.0. The van der Waals surface area contributed by atoms with Gasteiger partial charge in [-0.1, -0.05) is 38.1 Å². The molecule has 4 heterocycles. The third-order valence-corrected chi connectivity index (χ3v) is 8.94. The number of piperidine rings is 2. The van der Waals surface area contributed by atoms with Crippen LogP contribution in [0.3, 0.4) is 0 Å². The fourth-order valence-corrected chi connectivity index (χ4v) is 6.58. The second-order valence-electron chi connectivity index (χ2n) is 12.1. The highest BCUT2D eigenvalue weighted by molar-refractivity contribution is 6.05. The van der Waals surface area contributed by atoms with Gasteiger partial charge in [-0.15, -0.1) is 0 Å². The van der Waals surface area contributed by atoms with Crippen LogP contribution in [-0.4, -0.2) is 51.6 Å². The largest absolute Gasteiger partial charge is 0.321 e. The van der Waals surface area contributed by atoms with Crippen LogP contribution in [0.15, 0.2) is 36.4 Å². The van der Waals surface area contributed by atoms with Crippen molar-refractivity contribution < 1.29 is 14.4 Å². The minimum Gasteiger partial charge on any atom is -0.321 e. The summed E-state index contributed by atoms with van der Waals surface area (Å²) >= 11 is 0. The Morgan fingerprint density at radius 1 is 1.08 bits per heavy atom. The van der Waals surface area contributed by atoms with Crippen molar-refractivity contribution in [3.8, 4) is 6.07 Å². The standard InChI is InChI=1S/C30H33N5O3/c1-29(2)18-34(15-19-3-5-20(6-4-19)30(17-31)12-13-30)14-11-22(29)23-8-7-21-24(32-23)16-35(28(21)38)25-9-10-26(36)33-27(25)37/h3-8,22,25H,9-16,18H2,1-2H3,(H,33,36,37). The number of carbonyl (C=O) groups is 3. The molecule has 4 aliphatic rings. The Balaban J connectivity index is 1.12. The van der Waals surface area contributed by atoms with Gasteiger partial charge in [-0.25, -0.2) is 0 Å². The van der Waals surface area contributed by atoms with Gasteiger partial charge in [0, 0.05) is 31.1 Å². The highest BCUT2D eigenvalue weighted by Gasteiger charge is 2.45. The number of benzene rings is 1. The first-order chi connectivity index (χ1) is 18.2. The van der Waals surface area contributed by atoms with Crippen molar-refractivity contribution in [2.24, 2.45) is 5.41 Å². The van der Waals surface area contributed by atoms with E-state index in [9.17, 15) is 19.6 Å². The summed E-state index contributed by atoms with van der Waals surface area (Å²) in [5.74, 6) is -0.609. The van der Waals surface area contributed by atoms with Crippen LogP contribution in [0, 0.1) is 16.7 Å². The monoisotopic (exact) mass is 511 g/mol. The summed E-state index contributed by atoms with van der Waals surface area (Å²) in [6.07, 6.45) is 3.49. The number of aromatic nitrogens is 1. The Kier molecular flexibility index (Phi) is 5.88. The first-order valence-corrected chi connectivity index (χ1v) is 13.6. The molecule has 3 amide bonds. The Bertz CT molecular complexity index is 1350. The first-order valence-electron chi connectivity index (χ1n) is 13.6. The fraction of sp³-hybridized carbons (Fsp3) is 0.500. The summed E-state index contributed by atoms with van der Waals surface area (Å²) in [4.78, 5) is 46.0. The highest BCUT2D eigenvalue weighted by atomic mass is 16.2. The average molecular weight is 512 g/mol. The van der Waals surface area contributed by atoms with Gasteiger partial charge >= 0.3 is 0 Å². The molecule has 2 atom stereocenters. The highest BCUT2D eigenvalue weighted by Crippen LogP contribution is 2.47. The molecule has 0 spiro atoms. The molecule has 3 aliphatic heterocycles. The van der Waals surface area contributed by atoms with Gasteiger partial charge in [0.2, 0.25) is 11.8 Å². The molecule has 38 heavy (non-hydrogen) atoms. The lowest BCUT2D eigenvalue weighted by Gasteiger charge is -2.44. The molecule has 1 aromatic heterocycles. The van der Waals surface area contributed by atoms with Gasteiger partial charge in [0.05, 0.1) is 29.3 Å². The van der Waals surface area contributed by atoms with E-state index in [-0.39, 0.29) is 35.0 Å². The van der Waals surface area contributed by atoms with E-state index in [2.05, 4.69) is 54.4 Å². The number of likely N-dealkylation sites (tertiary alicyclic amines) is 1. The predicted octanol–water partition coefficient (Wildman–Crippen LogP) is 3.41. The Morgan fingerprint density at radius 3 is 2.50 bits per heavy atom. The summed E-state index contributed by atoms with van der Waals surface area (Å²) in [6.45, 7) is 7.64. The van der Waals surface area contributed by atoms with Gasteiger partial charge in [-0.3, -0.25) is 29.6 Å². The maximum Gasteiger partial charge on any atom is 0.256 e. The number of fused-ring (bicyclic) bond motifs is 1. The molecule has 1 N–H and O–H groups in total. The Hall–Kier alpha value is -3.57. The third kappa shape index (κ3) is 4.29. The van der Waals surface area contributed by atoms with Crippen LogP contribution in [-0.2, 0) is 28.1 Å². The average Bonchev–Trinajstić information content (AvgIpc) is 3.62. The number of hydrogen-bond donors (Lipinski definition) is 1. The number of nitriles is 1. The molecule has 196 valence electrons. The van der Waals surface area contributed by atoms with E-state index in [1.807, 2.05) is 12.1 Å². The number of imide groups is 1. The van der Waals surface area contributed by atoms with Gasteiger partial charge in [-0.05, 0) is 60.9 Å². The lowest BCUT2D eigenvalue weighted by Crippen LogP contribution is -2.52. The van der Waals surface area contributed by atoms with Gasteiger partial charge in [0.15, 0.2) is 0 Å². The molecule has 1 aromatic carbocycles. The van der Waals surface area contributed by atoms with E-state index in [0.29, 0.717) is 18.5 Å². The van der Waals surface area contributed by atoms with E-state index >= 15 is 0 Å². The molecule has 8 heteroatoms. The molecule has 0 bridgehead atoms. The Labute approximate surface area is 223 Å². The van der Waals surface area contributed by atoms with Crippen molar-refractivity contribution in [2.75, 3.05) is 13.1 Å². The molecule has 6 rings (SSSR count). The van der Waals surface area contributed by atoms with E-state index in [1.165, 1.54) is 5.56 Å². The summed E-state index contributed by atoms with van der Waals surface area (Å²) < 4.78 is 0. The second-order valence-corrected chi connectivity index (χ2v) is 12.1. The summed E-state index contributed by atoms with van der Waals surface area (Å²) in [6, 6.07) is 14.3. The summed E-state index contributed by atoms with van der Waals surface area (Å²) in [7, 11) is 0. The van der Waals surface area contributed by atoms with Crippen molar-refractivity contribution in [3.05, 3.63) is 64.5 Å². The lowest BCUT2D eigenvalue weighted by atomic mass is 9.72. The van der Waals surface area contributed by atoms with Crippen LogP contribution in [0.2, 0.25) is 0 Å². The fourth-order valence-electron chi connectivity index (χ4n) is 6.58. The Morgan fingerprint density at radius 2 is 1.84 bits per heavy atom. The number of hydrogen-bond acceptors (Lipinski definition) is 6. The molecule has 1 saturated carbocycles. The molecule has 8 nitrogen and oxygen atoms in total. The van der Waals surface area contributed by atoms with E-state index in [1.54, 1.807) is 4.90 Å². The minimum absolute atomic E-state index is 0.00970. The van der Waals surface area contributed by atoms with Crippen LogP contribution in [0.4, 0.5) is 0 Å². The zero-order valence-electron chi connectivity index (χ0n) is 22.0. The number of rotatable bonds is 5. The van der Waals surface area contributed by atoms with Crippen LogP contribution in [0.5, 0.6) is 0 Å². The van der Waals surface area contributed by atoms with Crippen molar-refractivity contribution in [1.29, 1.82) is 5.26 Å². The van der Waals surface area contributed by atoms with Crippen LogP contribution < -0.4 is 5.32 Å². The zero-order chi connectivity index (χ0) is 26.7. The zero-order valence-corrected chi connectivity index (χ0v) is 22.0. The smallest absolute Gasteiger partial charge is 0.256 e. The van der Waals surface area contributed by atoms with Crippen molar-refractivity contribution in [1.82, 2.24) is 20.1 Å². The van der Waals surface area contributed by atoms with Gasteiger partial charge in [-0.2, -0.15) is 5.26 Å². The quantitative estimate of drug-likeness (QED) is 0.617. The van der Waals surface area contributed by atoms with Crippen LogP contribution in [0.25, 0.3) is 0 Å². The van der Waals surface area contributed by atoms with Crippen LogP contribution in [0.1, 0.15) is 84.7 Å². The van der Waals surface area contributed by atoms with E-state index < -0.39 is 11.9 Å². The van der Waals surface area contributed by atoms with Crippen molar-refractivity contribution in [2.45, 2.75) is 76.4 Å². The van der Waals surface area contributed by atoms with Gasteiger partial charge in [0.1, 0.15) is 6.04 Å². The third-order valence-electron chi connectivity index (χ3n) is 8.94. The van der Waals surface area contributed by atoms with Crippen molar-refractivity contribution in [3.63, 3.8) is 0 Å². The van der Waals surface area contributed by atoms with E-state index in [4.69, 9.17) is 4.98 Å².